The third-order valence-electron chi connectivity index (χ3n) is 17.2. The van der Waals surface area contributed by atoms with Crippen LogP contribution in [0.5, 0.6) is 0 Å². The summed E-state index contributed by atoms with van der Waals surface area (Å²) in [4.78, 5) is 0. The topological polar surface area (TPSA) is 0 Å². The Morgan fingerprint density at radius 3 is 0.811 bits per heavy atom. The molecule has 0 radical (unpaired) electrons. The molecular weight excluding hydrogens is 1790 g/mol. The monoisotopic (exact) mass is 1900 g/mol. The Labute approximate surface area is 663 Å². The van der Waals surface area contributed by atoms with E-state index >= 15 is 0 Å². The SMILES string of the molecule is C.C.C1CCC2CCCC2C1.C1CCC2CCCC2C1.C=CCC1CCCC1.C[SiH](Cl)Cl.C[Si](Cl)(Cl)CCCC1CCCC1.[CH3-].[CH3-].[CH3-].[CH3-].[Cl][Pt][Cl].[Cl][Zr+2][Cl].[Cl][Zr+2][Cl].c1ccc(P(c2ccccc2)c2ccccc2)cc1.c1ccc(P(c2ccccc2)c2ccccc2)cc1. The molecule has 0 saturated heterocycles. The molecule has 95 heavy (non-hydrogen) atoms. The molecule has 4 atom stereocenters. The van der Waals surface area contributed by atoms with Crippen molar-refractivity contribution in [3.63, 3.8) is 0 Å². The Morgan fingerprint density at radius 1 is 0.421 bits per heavy atom. The summed E-state index contributed by atoms with van der Waals surface area (Å²) in [5, 5.41) is 8.39. The maximum absolute atomic E-state index is 6.02. The van der Waals surface area contributed by atoms with E-state index in [4.69, 9.17) is 97.2 Å². The molecule has 4 unspecified atom stereocenters. The maximum Gasteiger partial charge on any atom is -0.0134 e. The predicted octanol–water partition coefficient (Wildman–Crippen LogP) is 28.6. The van der Waals surface area contributed by atoms with Gasteiger partial charge in [0, 0.05) is 0 Å². The minimum Gasteiger partial charge on any atom is -0.0622 e. The average molecular weight is 1910 g/mol. The first kappa shape index (κ1) is 103. The van der Waals surface area contributed by atoms with Crippen molar-refractivity contribution in [1.29, 1.82) is 0 Å². The summed E-state index contributed by atoms with van der Waals surface area (Å²) in [6.07, 6.45) is 39.2. The number of halogens is 10. The second-order valence-electron chi connectivity index (χ2n) is 23.6. The first-order valence-electron chi connectivity index (χ1n) is 32.2. The maximum atomic E-state index is 6.02. The van der Waals surface area contributed by atoms with Gasteiger partial charge in [0.25, 0.3) is 0 Å². The molecule has 17 heteroatoms. The van der Waals surface area contributed by atoms with Crippen LogP contribution in [-0.4, -0.2) is 14.1 Å². The van der Waals surface area contributed by atoms with Crippen molar-refractivity contribution in [1.82, 2.24) is 0 Å². The van der Waals surface area contributed by atoms with Crippen molar-refractivity contribution in [3.05, 3.63) is 224 Å². The Morgan fingerprint density at radius 2 is 0.611 bits per heavy atom. The molecule has 6 aromatic rings. The van der Waals surface area contributed by atoms with E-state index in [0.29, 0.717) is 0 Å². The fourth-order valence-electron chi connectivity index (χ4n) is 13.2. The van der Waals surface area contributed by atoms with Crippen LogP contribution >= 0.6 is 113 Å². The van der Waals surface area contributed by atoms with Gasteiger partial charge in [0.05, 0.1) is 0 Å². The van der Waals surface area contributed by atoms with Gasteiger partial charge in [0.2, 0.25) is 14.1 Å². The molecule has 0 bridgehead atoms. The number of hydrogen-bond acceptors (Lipinski definition) is 0. The zero-order valence-electron chi connectivity index (χ0n) is 56.5. The fourth-order valence-corrected chi connectivity index (χ4v) is 19.4. The van der Waals surface area contributed by atoms with Gasteiger partial charge in [-0.2, -0.15) is 22.2 Å². The minimum absolute atomic E-state index is 0. The molecule has 0 nitrogen and oxygen atoms in total. The van der Waals surface area contributed by atoms with Gasteiger partial charge in [-0.3, -0.25) is 0 Å². The molecular formula is C78H118Cl10P2PtSi2Zr2. The van der Waals surface area contributed by atoms with Crippen molar-refractivity contribution >= 4 is 159 Å². The zero-order valence-corrected chi connectivity index (χ0v) is 75.2. The fraction of sp³-hybridized carbons (Fsp3) is 0.462. The van der Waals surface area contributed by atoms with Crippen LogP contribution in [0.15, 0.2) is 195 Å². The van der Waals surface area contributed by atoms with Gasteiger partial charge >= 0.3 is 111 Å². The van der Waals surface area contributed by atoms with Gasteiger partial charge in [-0.15, -0.1) is 28.7 Å². The zero-order chi connectivity index (χ0) is 64.6. The molecule has 6 aliphatic rings. The van der Waals surface area contributed by atoms with Crippen molar-refractivity contribution < 1.29 is 58.2 Å². The molecule has 0 N–H and O–H groups in total. The van der Waals surface area contributed by atoms with Gasteiger partial charge in [-0.1, -0.05) is 357 Å². The Hall–Kier alpha value is 1.71. The Balaban J connectivity index is -0.000000510. The number of rotatable bonds is 12. The van der Waals surface area contributed by atoms with Crippen LogP contribution in [0.1, 0.15) is 175 Å². The molecule has 0 heterocycles. The van der Waals surface area contributed by atoms with Crippen LogP contribution in [0.2, 0.25) is 19.1 Å². The van der Waals surface area contributed by atoms with E-state index in [1.54, 1.807) is 51.4 Å². The Kier molecular flexibility index (Phi) is 73.3. The molecule has 6 saturated carbocycles. The van der Waals surface area contributed by atoms with Crippen LogP contribution in [-0.2, 0) is 58.2 Å². The second-order valence-corrected chi connectivity index (χ2v) is 52.7. The minimum atomic E-state index is -1.78. The Bertz CT molecular complexity index is 2190. The van der Waals surface area contributed by atoms with Crippen LogP contribution in [0.3, 0.4) is 0 Å². The molecule has 0 aromatic heterocycles. The summed E-state index contributed by atoms with van der Waals surface area (Å²) in [5.41, 5.74) is 0. The predicted molar refractivity (Wildman–Crippen MR) is 444 cm³/mol. The van der Waals surface area contributed by atoms with Crippen LogP contribution < -0.4 is 31.8 Å². The quantitative estimate of drug-likeness (QED) is 0.0377. The van der Waals surface area contributed by atoms with E-state index in [1.165, 1.54) is 165 Å². The third kappa shape index (κ3) is 48.4. The summed E-state index contributed by atoms with van der Waals surface area (Å²) in [7, 11) is 27.4. The van der Waals surface area contributed by atoms with E-state index in [9.17, 15) is 0 Å². The first-order chi connectivity index (χ1) is 43.3. The smallest absolute Gasteiger partial charge is 0.0134 e. The van der Waals surface area contributed by atoms with Crippen molar-refractivity contribution in [2.24, 2.45) is 35.5 Å². The van der Waals surface area contributed by atoms with E-state index in [1.807, 2.05) is 13.1 Å². The largest absolute Gasteiger partial charge is 0.0622 e. The summed E-state index contributed by atoms with van der Waals surface area (Å²) >= 11 is 20.3. The van der Waals surface area contributed by atoms with Crippen LogP contribution in [0, 0.1) is 65.2 Å². The van der Waals surface area contributed by atoms with Crippen molar-refractivity contribution in [2.75, 3.05) is 0 Å². The summed E-state index contributed by atoms with van der Waals surface area (Å²) in [6, 6.07) is 65.7. The van der Waals surface area contributed by atoms with E-state index in [2.05, 4.69) is 195 Å². The molecule has 6 aliphatic carbocycles. The van der Waals surface area contributed by atoms with E-state index in [-0.39, 0.29) is 44.6 Å². The number of benzene rings is 6. The average Bonchev–Trinajstić information content (AvgIpc) is 1.79. The molecule has 12 rings (SSSR count). The van der Waals surface area contributed by atoms with Gasteiger partial charge in [-0.05, 0) is 109 Å². The van der Waals surface area contributed by atoms with Crippen LogP contribution in [0.25, 0.3) is 0 Å². The van der Waals surface area contributed by atoms with Crippen LogP contribution in [0.4, 0.5) is 0 Å². The summed E-state index contributed by atoms with van der Waals surface area (Å²) in [6.45, 7) is 5.79. The van der Waals surface area contributed by atoms with Crippen molar-refractivity contribution in [2.45, 2.75) is 195 Å². The number of fused-ring (bicyclic) bond motifs is 2. The number of hydrogen-bond donors (Lipinski definition) is 0. The summed E-state index contributed by atoms with van der Waals surface area (Å²) < 4.78 is 0. The molecule has 6 aromatic carbocycles. The van der Waals surface area contributed by atoms with Gasteiger partial charge < -0.3 is 29.7 Å². The van der Waals surface area contributed by atoms with Gasteiger partial charge in [-0.25, -0.2) is 0 Å². The molecule has 0 aliphatic heterocycles. The molecule has 0 amide bonds. The van der Waals surface area contributed by atoms with E-state index in [0.717, 1.165) is 17.9 Å². The standard InChI is InChI=1S/2C18H15P.C9H18Cl2Si.2C9H16.C8H14.CH4Cl2Si.2CH4.4CH3.6ClH.Pt.2Zr/c2*1-4-10-16(11-5-1)19(17-12-6-2-7-13-17)18-14-8-3-9-15-18;1-12(10,11)8-4-7-9-5-2-3-6-9;2*1-2-5-9-7-3-6-8(9)4-1;1-2-5-8-6-3-4-7-8;1-4(2)3;;;;;;;;;;;;;;;/h2*1-15H;9H,2-8H2,1H3;2*8-9H,1-7H2;2,8H,1,3-7H2;4H,1H3;2*1H4;4*1H3;6*1H;;;/q;;;;;;;;;4*-1;;;;;;;+2;2*+4/p-6. The molecule has 0 spiro atoms. The molecule has 6 fully saturated rings. The third-order valence-corrected chi connectivity index (χ3v) is 24.4. The molecule has 536 valence electrons. The van der Waals surface area contributed by atoms with Gasteiger partial charge in [0.15, 0.2) is 0 Å². The first-order valence-corrected chi connectivity index (χ1v) is 62.6. The second kappa shape index (κ2) is 67.6. The summed E-state index contributed by atoms with van der Waals surface area (Å²) in [5.74, 6) is 6.65. The normalized spacial score (nSPS) is 17.5. The van der Waals surface area contributed by atoms with Gasteiger partial charge in [0.1, 0.15) is 0 Å². The van der Waals surface area contributed by atoms with E-state index < -0.39 is 88.1 Å². The van der Waals surface area contributed by atoms with Crippen molar-refractivity contribution in [3.8, 4) is 0 Å². The number of allylic oxidation sites excluding steroid dienone is 1.